The van der Waals surface area contributed by atoms with E-state index in [2.05, 4.69) is 39.4 Å². The summed E-state index contributed by atoms with van der Waals surface area (Å²) in [5, 5.41) is 3.14. The highest BCUT2D eigenvalue weighted by Crippen LogP contribution is 2.49. The molecule has 0 bridgehead atoms. The summed E-state index contributed by atoms with van der Waals surface area (Å²) in [6, 6.07) is 8.33. The maximum atomic E-state index is 12.2. The number of carbonyl (C=O) groups is 1. The second-order valence-electron chi connectivity index (χ2n) is 5.89. The molecule has 3 nitrogen and oxygen atoms in total. The van der Waals surface area contributed by atoms with Crippen molar-refractivity contribution in [2.75, 3.05) is 19.8 Å². The molecule has 1 saturated heterocycles. The summed E-state index contributed by atoms with van der Waals surface area (Å²) < 4.78 is 6.53. The average Bonchev–Trinajstić information content (AvgIpc) is 3.27. The Morgan fingerprint density at radius 2 is 2.20 bits per heavy atom. The summed E-state index contributed by atoms with van der Waals surface area (Å²) in [5.74, 6) is 0.196. The van der Waals surface area contributed by atoms with Gasteiger partial charge in [0.15, 0.2) is 0 Å². The Labute approximate surface area is 128 Å². The summed E-state index contributed by atoms with van der Waals surface area (Å²) in [5.41, 5.74) is 1.46. The number of rotatable bonds is 4. The largest absolute Gasteiger partial charge is 0.381 e. The highest BCUT2D eigenvalue weighted by atomic mass is 79.9. The van der Waals surface area contributed by atoms with Gasteiger partial charge in [-0.25, -0.2) is 0 Å². The lowest BCUT2D eigenvalue weighted by Gasteiger charge is -2.23. The van der Waals surface area contributed by atoms with Gasteiger partial charge in [-0.05, 0) is 37.3 Å². The highest BCUT2D eigenvalue weighted by molar-refractivity contribution is 9.10. The van der Waals surface area contributed by atoms with Crippen LogP contribution < -0.4 is 5.32 Å². The molecule has 1 heterocycles. The van der Waals surface area contributed by atoms with Crippen molar-refractivity contribution >= 4 is 21.8 Å². The van der Waals surface area contributed by atoms with E-state index in [1.54, 1.807) is 0 Å². The molecule has 1 aromatic carbocycles. The molecule has 0 spiro atoms. The minimum Gasteiger partial charge on any atom is -0.381 e. The zero-order valence-corrected chi connectivity index (χ0v) is 13.1. The van der Waals surface area contributed by atoms with Crippen molar-refractivity contribution in [1.29, 1.82) is 0 Å². The van der Waals surface area contributed by atoms with Gasteiger partial charge in [0.1, 0.15) is 0 Å². The summed E-state index contributed by atoms with van der Waals surface area (Å²) in [6.07, 6.45) is 4.25. The molecule has 0 unspecified atom stereocenters. The number of ether oxygens (including phenoxy) is 1. The molecule has 3 rings (SSSR count). The predicted molar refractivity (Wildman–Crippen MR) is 81.6 cm³/mol. The van der Waals surface area contributed by atoms with Crippen molar-refractivity contribution in [1.82, 2.24) is 5.32 Å². The number of benzene rings is 1. The van der Waals surface area contributed by atoms with E-state index in [0.717, 1.165) is 43.3 Å². The molecule has 108 valence electrons. The Morgan fingerprint density at radius 3 is 2.85 bits per heavy atom. The lowest BCUT2D eigenvalue weighted by Crippen LogP contribution is -2.39. The lowest BCUT2D eigenvalue weighted by atomic mass is 9.95. The van der Waals surface area contributed by atoms with E-state index in [-0.39, 0.29) is 17.2 Å². The smallest absolute Gasteiger partial charge is 0.225 e. The maximum absolute atomic E-state index is 12.2. The minimum absolute atomic E-state index is 0.0405. The number of hydrogen-bond acceptors (Lipinski definition) is 2. The molecule has 2 fully saturated rings. The molecule has 1 N–H and O–H groups in total. The van der Waals surface area contributed by atoms with Crippen LogP contribution in [0.4, 0.5) is 0 Å². The van der Waals surface area contributed by atoms with Crippen LogP contribution in [0, 0.1) is 5.92 Å². The zero-order chi connectivity index (χ0) is 14.0. The molecule has 1 aliphatic carbocycles. The van der Waals surface area contributed by atoms with Gasteiger partial charge in [0.05, 0.1) is 12.5 Å². The molecular weight excluding hydrogens is 318 g/mol. The van der Waals surface area contributed by atoms with Crippen LogP contribution in [0.3, 0.4) is 0 Å². The second kappa shape index (κ2) is 5.86. The van der Waals surface area contributed by atoms with Gasteiger partial charge in [0.2, 0.25) is 5.91 Å². The van der Waals surface area contributed by atoms with Crippen LogP contribution in [0.25, 0.3) is 0 Å². The molecule has 2 aliphatic rings. The summed E-state index contributed by atoms with van der Waals surface area (Å²) in [7, 11) is 0. The Balaban J connectivity index is 1.60. The first-order valence-electron chi connectivity index (χ1n) is 7.32. The van der Waals surface area contributed by atoms with Crippen LogP contribution in [0.1, 0.15) is 31.2 Å². The predicted octanol–water partition coefficient (Wildman–Crippen LogP) is 3.02. The van der Waals surface area contributed by atoms with Gasteiger partial charge in [-0.3, -0.25) is 4.79 Å². The van der Waals surface area contributed by atoms with Gasteiger partial charge in [0, 0.05) is 23.0 Å². The fourth-order valence-electron chi connectivity index (χ4n) is 2.93. The van der Waals surface area contributed by atoms with Crippen LogP contribution >= 0.6 is 15.9 Å². The molecule has 1 saturated carbocycles. The minimum atomic E-state index is 0.0405. The Hall–Kier alpha value is -0.870. The van der Waals surface area contributed by atoms with Crippen molar-refractivity contribution < 1.29 is 9.53 Å². The van der Waals surface area contributed by atoms with Crippen molar-refractivity contribution in [2.24, 2.45) is 5.92 Å². The summed E-state index contributed by atoms with van der Waals surface area (Å²) in [4.78, 5) is 12.2. The monoisotopic (exact) mass is 337 g/mol. The molecule has 1 atom stereocenters. The lowest BCUT2D eigenvalue weighted by molar-refractivity contribution is -0.129. The van der Waals surface area contributed by atoms with Gasteiger partial charge in [-0.1, -0.05) is 34.1 Å². The number of carbonyl (C=O) groups excluding carboxylic acids is 1. The van der Waals surface area contributed by atoms with Crippen LogP contribution in [-0.2, 0) is 14.9 Å². The van der Waals surface area contributed by atoms with Gasteiger partial charge in [-0.2, -0.15) is 0 Å². The van der Waals surface area contributed by atoms with E-state index < -0.39 is 0 Å². The van der Waals surface area contributed by atoms with Crippen molar-refractivity contribution in [2.45, 2.75) is 31.1 Å². The number of nitrogens with one attached hydrogen (secondary N) is 1. The molecular formula is C16H20BrNO2. The van der Waals surface area contributed by atoms with Gasteiger partial charge < -0.3 is 10.1 Å². The fourth-order valence-corrected chi connectivity index (χ4v) is 3.64. The Morgan fingerprint density at radius 1 is 1.40 bits per heavy atom. The molecule has 1 aromatic rings. The normalized spacial score (nSPS) is 24.1. The number of amides is 1. The van der Waals surface area contributed by atoms with E-state index in [9.17, 15) is 4.79 Å². The number of hydrogen-bond donors (Lipinski definition) is 1. The Bertz CT molecular complexity index is 493. The van der Waals surface area contributed by atoms with Crippen LogP contribution in [0.2, 0.25) is 0 Å². The van der Waals surface area contributed by atoms with Crippen LogP contribution in [-0.4, -0.2) is 25.7 Å². The Kier molecular flexibility index (Phi) is 4.13. The van der Waals surface area contributed by atoms with E-state index in [0.29, 0.717) is 6.61 Å². The topological polar surface area (TPSA) is 38.3 Å². The molecule has 1 aliphatic heterocycles. The molecule has 0 radical (unpaired) electrons. The quantitative estimate of drug-likeness (QED) is 0.917. The molecule has 20 heavy (non-hydrogen) atoms. The first kappa shape index (κ1) is 14.1. The second-order valence-corrected chi connectivity index (χ2v) is 6.75. The van der Waals surface area contributed by atoms with Gasteiger partial charge in [-0.15, -0.1) is 0 Å². The first-order chi connectivity index (χ1) is 9.71. The fraction of sp³-hybridized carbons (Fsp3) is 0.562. The number of halogens is 1. The van der Waals surface area contributed by atoms with Crippen molar-refractivity contribution in [3.05, 3.63) is 34.3 Å². The van der Waals surface area contributed by atoms with Gasteiger partial charge in [0.25, 0.3) is 0 Å². The molecule has 0 aromatic heterocycles. The molecule has 1 amide bonds. The van der Waals surface area contributed by atoms with E-state index >= 15 is 0 Å². The standard InChI is InChI=1S/C16H20BrNO2/c17-14-6-2-1-5-13(14)16(7-8-16)11-18-15(19)12-4-3-9-20-10-12/h1-2,5-6,12H,3-4,7-11H2,(H,18,19)/t12-/m1/s1. The van der Waals surface area contributed by atoms with E-state index in [1.165, 1.54) is 5.56 Å². The van der Waals surface area contributed by atoms with Gasteiger partial charge >= 0.3 is 0 Å². The van der Waals surface area contributed by atoms with Crippen molar-refractivity contribution in [3.63, 3.8) is 0 Å². The third-order valence-electron chi connectivity index (χ3n) is 4.43. The maximum Gasteiger partial charge on any atom is 0.225 e. The first-order valence-corrected chi connectivity index (χ1v) is 8.11. The van der Waals surface area contributed by atoms with Crippen LogP contribution in [0.5, 0.6) is 0 Å². The van der Waals surface area contributed by atoms with Crippen LogP contribution in [0.15, 0.2) is 28.7 Å². The highest BCUT2D eigenvalue weighted by Gasteiger charge is 2.45. The summed E-state index contributed by atoms with van der Waals surface area (Å²) in [6.45, 7) is 2.11. The average molecular weight is 338 g/mol. The molecule has 4 heteroatoms. The van der Waals surface area contributed by atoms with Crippen molar-refractivity contribution in [3.8, 4) is 0 Å². The summed E-state index contributed by atoms with van der Waals surface area (Å²) >= 11 is 3.62. The third-order valence-corrected chi connectivity index (χ3v) is 5.12. The third kappa shape index (κ3) is 2.91. The van der Waals surface area contributed by atoms with E-state index in [4.69, 9.17) is 4.74 Å². The zero-order valence-electron chi connectivity index (χ0n) is 11.5. The van der Waals surface area contributed by atoms with E-state index in [1.807, 2.05) is 6.07 Å². The SMILES string of the molecule is O=C(NCC1(c2ccccc2Br)CC1)[C@@H]1CCCOC1.